The van der Waals surface area contributed by atoms with Gasteiger partial charge in [0.15, 0.2) is 0 Å². The summed E-state index contributed by atoms with van der Waals surface area (Å²) < 4.78 is 0. The summed E-state index contributed by atoms with van der Waals surface area (Å²) in [5.74, 6) is 0.510. The Balaban J connectivity index is -0.000000189. The van der Waals surface area contributed by atoms with E-state index in [1.165, 1.54) is 5.57 Å². The van der Waals surface area contributed by atoms with Crippen molar-refractivity contribution in [2.45, 2.75) is 19.8 Å². The molecule has 0 spiro atoms. The van der Waals surface area contributed by atoms with E-state index >= 15 is 0 Å². The summed E-state index contributed by atoms with van der Waals surface area (Å²) in [7, 11) is 0. The van der Waals surface area contributed by atoms with Crippen LogP contribution < -0.4 is 0 Å². The Hall–Kier alpha value is -0.450. The Kier molecular flexibility index (Phi) is 15.5. The summed E-state index contributed by atoms with van der Waals surface area (Å²) in [5.41, 5.74) is 1.35. The summed E-state index contributed by atoms with van der Waals surface area (Å²) in [6.07, 6.45) is 7.25. The lowest BCUT2D eigenvalue weighted by atomic mass is 10.1. The SMILES string of the molecule is CC1=CC=C(O)CC1.CS.O.O. The molecule has 0 fully saturated rings. The summed E-state index contributed by atoms with van der Waals surface area (Å²) in [6, 6.07) is 0. The Labute approximate surface area is 78.8 Å². The monoisotopic (exact) mass is 194 g/mol. The molecule has 0 unspecified atom stereocenters. The third kappa shape index (κ3) is 7.65. The summed E-state index contributed by atoms with van der Waals surface area (Å²) in [4.78, 5) is 0. The molecule has 0 amide bonds. The lowest BCUT2D eigenvalue weighted by Crippen LogP contribution is -1.88. The largest absolute Gasteiger partial charge is 0.512 e. The van der Waals surface area contributed by atoms with Crippen LogP contribution in [-0.4, -0.2) is 22.3 Å². The highest BCUT2D eigenvalue weighted by atomic mass is 32.1. The van der Waals surface area contributed by atoms with E-state index in [1.54, 1.807) is 12.3 Å². The average molecular weight is 194 g/mol. The van der Waals surface area contributed by atoms with Crippen LogP contribution in [0.25, 0.3) is 0 Å². The first-order valence-electron chi connectivity index (χ1n) is 3.29. The minimum Gasteiger partial charge on any atom is -0.512 e. The van der Waals surface area contributed by atoms with Crippen LogP contribution in [-0.2, 0) is 0 Å². The molecular weight excluding hydrogens is 176 g/mol. The Morgan fingerprint density at radius 3 is 1.92 bits per heavy atom. The van der Waals surface area contributed by atoms with E-state index < -0.39 is 0 Å². The molecule has 5 N–H and O–H groups in total. The van der Waals surface area contributed by atoms with Crippen molar-refractivity contribution < 1.29 is 16.1 Å². The van der Waals surface area contributed by atoms with Crippen LogP contribution in [0.2, 0.25) is 0 Å². The van der Waals surface area contributed by atoms with Crippen LogP contribution in [0.3, 0.4) is 0 Å². The van der Waals surface area contributed by atoms with Gasteiger partial charge in [-0.05, 0) is 25.7 Å². The normalized spacial score (nSPS) is 13.6. The summed E-state index contributed by atoms with van der Waals surface area (Å²) in [6.45, 7) is 2.07. The van der Waals surface area contributed by atoms with Gasteiger partial charge in [-0.2, -0.15) is 12.6 Å². The van der Waals surface area contributed by atoms with Gasteiger partial charge in [0, 0.05) is 6.42 Å². The highest BCUT2D eigenvalue weighted by molar-refractivity contribution is 7.79. The number of hydrogen-bond acceptors (Lipinski definition) is 2. The number of thiol groups is 1. The van der Waals surface area contributed by atoms with Crippen molar-refractivity contribution in [1.29, 1.82) is 0 Å². The molecule has 0 saturated heterocycles. The van der Waals surface area contributed by atoms with E-state index in [4.69, 9.17) is 5.11 Å². The molecular formula is C8H18O3S. The van der Waals surface area contributed by atoms with Crippen LogP contribution >= 0.6 is 12.6 Å². The Morgan fingerprint density at radius 1 is 1.17 bits per heavy atom. The van der Waals surface area contributed by atoms with Gasteiger partial charge >= 0.3 is 0 Å². The maximum absolute atomic E-state index is 8.84. The second-order valence-electron chi connectivity index (χ2n) is 2.17. The van der Waals surface area contributed by atoms with Gasteiger partial charge in [0.25, 0.3) is 0 Å². The quantitative estimate of drug-likeness (QED) is 0.555. The van der Waals surface area contributed by atoms with Crippen LogP contribution in [0.15, 0.2) is 23.5 Å². The molecule has 0 saturated carbocycles. The topological polar surface area (TPSA) is 83.2 Å². The second kappa shape index (κ2) is 10.6. The molecule has 0 aromatic carbocycles. The van der Waals surface area contributed by atoms with Crippen molar-refractivity contribution in [2.24, 2.45) is 0 Å². The van der Waals surface area contributed by atoms with Gasteiger partial charge in [-0.3, -0.25) is 0 Å². The summed E-state index contributed by atoms with van der Waals surface area (Å²) >= 11 is 3.53. The van der Waals surface area contributed by atoms with Crippen LogP contribution in [0, 0.1) is 0 Å². The third-order valence-corrected chi connectivity index (χ3v) is 1.34. The van der Waals surface area contributed by atoms with E-state index in [0.717, 1.165) is 12.8 Å². The lowest BCUT2D eigenvalue weighted by molar-refractivity contribution is 0.386. The van der Waals surface area contributed by atoms with Crippen molar-refractivity contribution in [3.05, 3.63) is 23.5 Å². The third-order valence-electron chi connectivity index (χ3n) is 1.34. The maximum atomic E-state index is 8.84. The number of aliphatic hydroxyl groups excluding tert-OH is 1. The molecule has 0 aliphatic heterocycles. The Bertz CT molecular complexity index is 134. The highest BCUT2D eigenvalue weighted by Gasteiger charge is 1.98. The van der Waals surface area contributed by atoms with Crippen molar-refractivity contribution >= 4 is 12.6 Å². The standard InChI is InChI=1S/C7H10O.CH4S.2H2O/c1-6-2-4-7(8)5-3-6;1-2;;/h2,4,8H,3,5H2,1H3;2H,1H3;2*1H2. The molecule has 1 rings (SSSR count). The molecule has 0 aromatic heterocycles. The van der Waals surface area contributed by atoms with Crippen LogP contribution in [0.5, 0.6) is 0 Å². The van der Waals surface area contributed by atoms with Gasteiger partial charge in [-0.15, -0.1) is 0 Å². The zero-order valence-corrected chi connectivity index (χ0v) is 8.36. The fraction of sp³-hybridized carbons (Fsp3) is 0.500. The molecule has 0 heterocycles. The molecule has 1 aliphatic rings. The number of hydrogen-bond donors (Lipinski definition) is 2. The maximum Gasteiger partial charge on any atom is 0.0925 e. The first-order chi connectivity index (χ1) is 4.79. The zero-order valence-electron chi connectivity index (χ0n) is 7.46. The number of allylic oxidation sites excluding steroid dienone is 4. The van der Waals surface area contributed by atoms with Gasteiger partial charge in [0.05, 0.1) is 5.76 Å². The molecule has 0 radical (unpaired) electrons. The molecule has 1 aliphatic carbocycles. The highest BCUT2D eigenvalue weighted by Crippen LogP contribution is 2.14. The molecule has 0 bridgehead atoms. The smallest absolute Gasteiger partial charge is 0.0925 e. The van der Waals surface area contributed by atoms with E-state index in [0.29, 0.717) is 5.76 Å². The number of aliphatic hydroxyl groups is 1. The summed E-state index contributed by atoms with van der Waals surface area (Å²) in [5, 5.41) is 8.84. The predicted molar refractivity (Wildman–Crippen MR) is 55.8 cm³/mol. The lowest BCUT2D eigenvalue weighted by Gasteiger charge is -2.04. The minimum atomic E-state index is 0. The van der Waals surface area contributed by atoms with Crippen molar-refractivity contribution in [3.8, 4) is 0 Å². The molecule has 74 valence electrons. The zero-order chi connectivity index (χ0) is 7.98. The molecule has 0 aromatic rings. The molecule has 0 atom stereocenters. The van der Waals surface area contributed by atoms with Crippen LogP contribution in [0.4, 0.5) is 0 Å². The first-order valence-corrected chi connectivity index (χ1v) is 4.18. The second-order valence-corrected chi connectivity index (χ2v) is 2.17. The average Bonchev–Trinajstić information content (AvgIpc) is 2.00. The van der Waals surface area contributed by atoms with Crippen molar-refractivity contribution in [1.82, 2.24) is 0 Å². The molecule has 3 nitrogen and oxygen atoms in total. The van der Waals surface area contributed by atoms with E-state index in [1.807, 2.05) is 6.08 Å². The van der Waals surface area contributed by atoms with E-state index in [-0.39, 0.29) is 11.0 Å². The number of rotatable bonds is 0. The van der Waals surface area contributed by atoms with Crippen LogP contribution in [0.1, 0.15) is 19.8 Å². The van der Waals surface area contributed by atoms with Gasteiger partial charge in [0.2, 0.25) is 0 Å². The van der Waals surface area contributed by atoms with Crippen molar-refractivity contribution in [2.75, 3.05) is 6.26 Å². The molecule has 12 heavy (non-hydrogen) atoms. The van der Waals surface area contributed by atoms with Gasteiger partial charge in [-0.25, -0.2) is 0 Å². The van der Waals surface area contributed by atoms with E-state index in [2.05, 4.69) is 19.6 Å². The first kappa shape index (κ1) is 17.6. The van der Waals surface area contributed by atoms with Gasteiger partial charge in [-0.1, -0.05) is 11.6 Å². The molecule has 4 heteroatoms. The van der Waals surface area contributed by atoms with Crippen molar-refractivity contribution in [3.63, 3.8) is 0 Å². The predicted octanol–water partition coefficient (Wildman–Crippen LogP) is 1.06. The van der Waals surface area contributed by atoms with Gasteiger partial charge in [0.1, 0.15) is 0 Å². The fourth-order valence-corrected chi connectivity index (χ4v) is 0.730. The fourth-order valence-electron chi connectivity index (χ4n) is 0.730. The van der Waals surface area contributed by atoms with E-state index in [9.17, 15) is 0 Å². The van der Waals surface area contributed by atoms with Gasteiger partial charge < -0.3 is 16.1 Å². The Morgan fingerprint density at radius 2 is 1.67 bits per heavy atom. The minimum absolute atomic E-state index is 0.